The van der Waals surface area contributed by atoms with Gasteiger partial charge in [-0.1, -0.05) is 20.8 Å². The van der Waals surface area contributed by atoms with Gasteiger partial charge in [-0.2, -0.15) is 0 Å². The van der Waals surface area contributed by atoms with Crippen molar-refractivity contribution < 1.29 is 4.79 Å². The molecule has 2 atom stereocenters. The quantitative estimate of drug-likeness (QED) is 0.741. The van der Waals surface area contributed by atoms with Gasteiger partial charge in [-0.3, -0.25) is 4.79 Å². The Morgan fingerprint density at radius 2 is 2.19 bits per heavy atom. The van der Waals surface area contributed by atoms with Crippen LogP contribution in [0, 0.1) is 5.41 Å². The maximum Gasteiger partial charge on any atom is 0.237 e. The van der Waals surface area contributed by atoms with Crippen molar-refractivity contribution in [3.8, 4) is 0 Å². The number of hydrogen-bond acceptors (Lipinski definition) is 3. The van der Waals surface area contributed by atoms with Crippen LogP contribution >= 0.6 is 0 Å². The van der Waals surface area contributed by atoms with E-state index in [2.05, 4.69) is 17.3 Å². The molecule has 1 rings (SSSR count). The van der Waals surface area contributed by atoms with E-state index in [1.54, 1.807) is 0 Å². The number of likely N-dealkylation sites (N-methyl/N-ethyl adjacent to an activating group) is 1. The van der Waals surface area contributed by atoms with Crippen LogP contribution in [-0.4, -0.2) is 43.0 Å². The van der Waals surface area contributed by atoms with Crippen LogP contribution in [0.25, 0.3) is 0 Å². The summed E-state index contributed by atoms with van der Waals surface area (Å²) in [5.74, 6) is -0.0344. The number of amides is 1. The van der Waals surface area contributed by atoms with E-state index >= 15 is 0 Å². The molecule has 0 aliphatic carbocycles. The average molecular weight is 227 g/mol. The minimum atomic E-state index is -0.431. The fraction of sp³-hybridized carbons (Fsp3) is 0.917. The molecule has 0 aromatic carbocycles. The van der Waals surface area contributed by atoms with Gasteiger partial charge in [-0.25, -0.2) is 0 Å². The van der Waals surface area contributed by atoms with Crippen LogP contribution in [0.3, 0.4) is 0 Å². The summed E-state index contributed by atoms with van der Waals surface area (Å²) in [5.41, 5.74) is 5.71. The van der Waals surface area contributed by atoms with Crippen LogP contribution in [-0.2, 0) is 4.79 Å². The molecule has 0 aromatic rings. The number of nitrogens with one attached hydrogen (secondary N) is 1. The maximum atomic E-state index is 11.8. The summed E-state index contributed by atoms with van der Waals surface area (Å²) in [6.07, 6.45) is 2.39. The molecule has 1 unspecified atom stereocenters. The van der Waals surface area contributed by atoms with E-state index in [0.29, 0.717) is 6.04 Å². The summed E-state index contributed by atoms with van der Waals surface area (Å²) in [6.45, 7) is 7.81. The molecular formula is C12H25N3O. The fourth-order valence-electron chi connectivity index (χ4n) is 1.96. The van der Waals surface area contributed by atoms with Crippen molar-refractivity contribution in [2.75, 3.05) is 20.1 Å². The van der Waals surface area contributed by atoms with Crippen LogP contribution in [0.4, 0.5) is 0 Å². The Kier molecular flexibility index (Phi) is 4.33. The monoisotopic (exact) mass is 227 g/mol. The molecule has 1 heterocycles. The smallest absolute Gasteiger partial charge is 0.237 e. The van der Waals surface area contributed by atoms with Gasteiger partial charge in [0.2, 0.25) is 5.91 Å². The summed E-state index contributed by atoms with van der Waals surface area (Å²) in [4.78, 5) is 14.1. The van der Waals surface area contributed by atoms with Gasteiger partial charge in [0.25, 0.3) is 0 Å². The summed E-state index contributed by atoms with van der Waals surface area (Å²) in [5, 5.41) is 2.96. The molecule has 0 bridgehead atoms. The second kappa shape index (κ2) is 5.15. The highest BCUT2D eigenvalue weighted by Gasteiger charge is 2.28. The number of carbonyl (C=O) groups is 1. The lowest BCUT2D eigenvalue weighted by Gasteiger charge is -2.27. The zero-order valence-corrected chi connectivity index (χ0v) is 10.9. The minimum Gasteiger partial charge on any atom is -0.353 e. The summed E-state index contributed by atoms with van der Waals surface area (Å²) in [7, 11) is 2.10. The Bertz CT molecular complexity index is 247. The number of nitrogens with two attached hydrogens (primary N) is 1. The predicted molar refractivity (Wildman–Crippen MR) is 66.1 cm³/mol. The van der Waals surface area contributed by atoms with Gasteiger partial charge >= 0.3 is 0 Å². The Labute approximate surface area is 98.6 Å². The van der Waals surface area contributed by atoms with E-state index in [4.69, 9.17) is 5.73 Å². The maximum absolute atomic E-state index is 11.8. The number of likely N-dealkylation sites (tertiary alicyclic amines) is 1. The summed E-state index contributed by atoms with van der Waals surface area (Å²) >= 11 is 0. The highest BCUT2D eigenvalue weighted by atomic mass is 16.2. The second-order valence-electron chi connectivity index (χ2n) is 5.87. The van der Waals surface area contributed by atoms with Crippen molar-refractivity contribution in [1.82, 2.24) is 10.2 Å². The van der Waals surface area contributed by atoms with Crippen molar-refractivity contribution in [3.63, 3.8) is 0 Å². The third kappa shape index (κ3) is 3.46. The van der Waals surface area contributed by atoms with E-state index < -0.39 is 6.04 Å². The first-order valence-electron chi connectivity index (χ1n) is 6.06. The van der Waals surface area contributed by atoms with Gasteiger partial charge in [-0.05, 0) is 31.8 Å². The number of nitrogens with zero attached hydrogens (tertiary/aromatic N) is 1. The summed E-state index contributed by atoms with van der Waals surface area (Å²) in [6, 6.07) is 0.0512. The van der Waals surface area contributed by atoms with Gasteiger partial charge in [0.15, 0.2) is 0 Å². The van der Waals surface area contributed by atoms with Crippen molar-refractivity contribution in [3.05, 3.63) is 0 Å². The molecule has 1 saturated heterocycles. The molecule has 16 heavy (non-hydrogen) atoms. The van der Waals surface area contributed by atoms with Crippen LogP contribution < -0.4 is 11.1 Å². The molecule has 94 valence electrons. The molecule has 4 heteroatoms. The fourth-order valence-corrected chi connectivity index (χ4v) is 1.96. The SMILES string of the molecule is CN1CCCC1CNC(=O)[C@H](N)C(C)(C)C. The molecule has 4 nitrogen and oxygen atoms in total. The van der Waals surface area contributed by atoms with Crippen molar-refractivity contribution >= 4 is 5.91 Å². The lowest BCUT2D eigenvalue weighted by molar-refractivity contribution is -0.124. The zero-order valence-electron chi connectivity index (χ0n) is 10.9. The minimum absolute atomic E-state index is 0.0344. The first kappa shape index (κ1) is 13.5. The van der Waals surface area contributed by atoms with Crippen molar-refractivity contribution in [2.24, 2.45) is 11.1 Å². The Morgan fingerprint density at radius 3 is 2.62 bits per heavy atom. The number of carbonyl (C=O) groups excluding carboxylic acids is 1. The molecule has 1 aliphatic heterocycles. The lowest BCUT2D eigenvalue weighted by Crippen LogP contribution is -2.51. The van der Waals surface area contributed by atoms with Gasteiger partial charge in [0, 0.05) is 12.6 Å². The first-order valence-corrected chi connectivity index (χ1v) is 6.06. The van der Waals surface area contributed by atoms with Gasteiger partial charge in [0.05, 0.1) is 6.04 Å². The standard InChI is InChI=1S/C12H25N3O/c1-12(2,3)10(13)11(16)14-8-9-6-5-7-15(9)4/h9-10H,5-8,13H2,1-4H3,(H,14,16)/t9?,10-/m0/s1. The molecule has 1 fully saturated rings. The lowest BCUT2D eigenvalue weighted by atomic mass is 9.87. The predicted octanol–water partition coefficient (Wildman–Crippen LogP) is 0.570. The Hall–Kier alpha value is -0.610. The molecule has 3 N–H and O–H groups in total. The third-order valence-electron chi connectivity index (χ3n) is 3.40. The highest BCUT2D eigenvalue weighted by molar-refractivity contribution is 5.82. The average Bonchev–Trinajstić information content (AvgIpc) is 2.58. The molecule has 0 aromatic heterocycles. The highest BCUT2D eigenvalue weighted by Crippen LogP contribution is 2.18. The molecule has 1 aliphatic rings. The summed E-state index contributed by atoms with van der Waals surface area (Å²) < 4.78 is 0. The van der Waals surface area contributed by atoms with Crippen LogP contribution in [0.15, 0.2) is 0 Å². The second-order valence-corrected chi connectivity index (χ2v) is 5.87. The largest absolute Gasteiger partial charge is 0.353 e. The number of hydrogen-bond donors (Lipinski definition) is 2. The first-order chi connectivity index (χ1) is 7.32. The van der Waals surface area contributed by atoms with E-state index in [1.165, 1.54) is 12.8 Å². The third-order valence-corrected chi connectivity index (χ3v) is 3.40. The van der Waals surface area contributed by atoms with Crippen molar-refractivity contribution in [1.29, 1.82) is 0 Å². The molecule has 1 amide bonds. The topological polar surface area (TPSA) is 58.4 Å². The molecule has 0 saturated carbocycles. The van der Waals surface area contributed by atoms with Crippen LogP contribution in [0.1, 0.15) is 33.6 Å². The zero-order chi connectivity index (χ0) is 12.3. The van der Waals surface area contributed by atoms with E-state index in [9.17, 15) is 4.79 Å². The Balaban J connectivity index is 2.35. The van der Waals surface area contributed by atoms with Crippen LogP contribution in [0.5, 0.6) is 0 Å². The normalized spacial score (nSPS) is 24.4. The van der Waals surface area contributed by atoms with Gasteiger partial charge in [0.1, 0.15) is 0 Å². The molecule has 0 spiro atoms. The van der Waals surface area contributed by atoms with Gasteiger partial charge < -0.3 is 16.0 Å². The molecular weight excluding hydrogens is 202 g/mol. The van der Waals surface area contributed by atoms with E-state index in [-0.39, 0.29) is 11.3 Å². The van der Waals surface area contributed by atoms with Crippen LogP contribution in [0.2, 0.25) is 0 Å². The Morgan fingerprint density at radius 1 is 1.56 bits per heavy atom. The molecule has 0 radical (unpaired) electrons. The number of rotatable bonds is 3. The van der Waals surface area contributed by atoms with E-state index in [1.807, 2.05) is 20.8 Å². The van der Waals surface area contributed by atoms with Crippen molar-refractivity contribution in [2.45, 2.75) is 45.7 Å². The van der Waals surface area contributed by atoms with Gasteiger partial charge in [-0.15, -0.1) is 0 Å². The van der Waals surface area contributed by atoms with E-state index in [0.717, 1.165) is 13.1 Å².